The Labute approximate surface area is 79.1 Å². The van der Waals surface area contributed by atoms with Gasteiger partial charge in [-0.25, -0.2) is 0 Å². The van der Waals surface area contributed by atoms with E-state index in [0.29, 0.717) is 0 Å². The third-order valence-electron chi connectivity index (χ3n) is 2.45. The molecule has 1 aliphatic heterocycles. The first-order chi connectivity index (χ1) is 6.19. The maximum atomic E-state index is 11.3. The number of Topliss-reactive ketones (excluding diaryl/α,β-unsaturated/α-hetero) is 1. The molecule has 0 aromatic carbocycles. The van der Waals surface area contributed by atoms with E-state index in [0.717, 1.165) is 12.8 Å². The molecule has 0 saturated heterocycles. The van der Waals surface area contributed by atoms with E-state index in [-0.39, 0.29) is 5.78 Å². The third kappa shape index (κ3) is 2.54. The maximum absolute atomic E-state index is 11.3. The molecule has 0 bridgehead atoms. The summed E-state index contributed by atoms with van der Waals surface area (Å²) < 4.78 is 0. The largest absolute Gasteiger partial charge is 0.381 e. The Bertz CT molecular complexity index is 213. The predicted molar refractivity (Wildman–Crippen MR) is 51.7 cm³/mol. The van der Waals surface area contributed by atoms with Gasteiger partial charge >= 0.3 is 0 Å². The summed E-state index contributed by atoms with van der Waals surface area (Å²) in [5.74, 6) is 0.00370. The summed E-state index contributed by atoms with van der Waals surface area (Å²) >= 11 is 0. The average molecular weight is 183 g/mol. The minimum absolute atomic E-state index is 0.00370. The van der Waals surface area contributed by atoms with Gasteiger partial charge in [-0.2, -0.15) is 0 Å². The number of carbonyl (C=O) groups is 1. The van der Waals surface area contributed by atoms with Crippen LogP contribution >= 0.6 is 0 Å². The highest BCUT2D eigenvalue weighted by Gasteiger charge is 2.37. The van der Waals surface area contributed by atoms with Crippen LogP contribution in [-0.2, 0) is 9.63 Å². The second-order valence-corrected chi connectivity index (χ2v) is 3.73. The van der Waals surface area contributed by atoms with Crippen LogP contribution in [0.2, 0.25) is 0 Å². The zero-order chi connectivity index (χ0) is 9.73. The van der Waals surface area contributed by atoms with Crippen molar-refractivity contribution in [2.75, 3.05) is 0 Å². The lowest BCUT2D eigenvalue weighted by Gasteiger charge is -2.18. The van der Waals surface area contributed by atoms with Crippen LogP contribution in [0.25, 0.3) is 0 Å². The Morgan fingerprint density at radius 2 is 2.23 bits per heavy atom. The monoisotopic (exact) mass is 183 g/mol. The molecule has 3 nitrogen and oxygen atoms in total. The van der Waals surface area contributed by atoms with Gasteiger partial charge in [0.05, 0.1) is 0 Å². The number of nitrogens with zero attached hydrogens (tertiary/aromatic N) is 1. The molecule has 1 aliphatic rings. The minimum Gasteiger partial charge on any atom is -0.381 e. The van der Waals surface area contributed by atoms with Crippen molar-refractivity contribution in [3.8, 4) is 0 Å². The maximum Gasteiger partial charge on any atom is 0.223 e. The number of oxime groups is 1. The topological polar surface area (TPSA) is 38.7 Å². The summed E-state index contributed by atoms with van der Waals surface area (Å²) in [4.78, 5) is 16.3. The minimum atomic E-state index is -0.659. The van der Waals surface area contributed by atoms with E-state index in [1.807, 2.05) is 6.92 Å². The average Bonchev–Trinajstić information content (AvgIpc) is 2.42. The highest BCUT2D eigenvalue weighted by Crippen LogP contribution is 2.23. The van der Waals surface area contributed by atoms with Crippen molar-refractivity contribution in [1.29, 1.82) is 0 Å². The number of rotatable bonds is 5. The van der Waals surface area contributed by atoms with Gasteiger partial charge in [-0.05, 0) is 19.8 Å². The van der Waals surface area contributed by atoms with E-state index in [4.69, 9.17) is 4.84 Å². The molecule has 0 aliphatic carbocycles. The van der Waals surface area contributed by atoms with Gasteiger partial charge in [-0.3, -0.25) is 4.79 Å². The van der Waals surface area contributed by atoms with E-state index >= 15 is 0 Å². The van der Waals surface area contributed by atoms with Gasteiger partial charge in [0.15, 0.2) is 5.60 Å². The molecule has 0 aromatic heterocycles. The summed E-state index contributed by atoms with van der Waals surface area (Å²) in [5, 5.41) is 3.54. The van der Waals surface area contributed by atoms with E-state index in [1.165, 1.54) is 25.5 Å². The first-order valence-corrected chi connectivity index (χ1v) is 4.95. The highest BCUT2D eigenvalue weighted by molar-refractivity contribution is 6.32. The van der Waals surface area contributed by atoms with Crippen molar-refractivity contribution in [2.45, 2.75) is 51.6 Å². The summed E-state index contributed by atoms with van der Waals surface area (Å²) in [5.41, 5.74) is -0.659. The molecular weight excluding hydrogens is 166 g/mol. The molecule has 1 atom stereocenters. The smallest absolute Gasteiger partial charge is 0.223 e. The van der Waals surface area contributed by atoms with Gasteiger partial charge in [0.1, 0.15) is 6.21 Å². The fraction of sp³-hybridized carbons (Fsp3) is 0.800. The molecule has 0 N–H and O–H groups in total. The van der Waals surface area contributed by atoms with E-state index in [2.05, 4.69) is 12.1 Å². The summed E-state index contributed by atoms with van der Waals surface area (Å²) in [6.45, 7) is 3.98. The normalized spacial score (nSPS) is 26.5. The predicted octanol–water partition coefficient (Wildman–Crippen LogP) is 2.30. The summed E-state index contributed by atoms with van der Waals surface area (Å²) in [7, 11) is 0. The van der Waals surface area contributed by atoms with Crippen molar-refractivity contribution < 1.29 is 9.63 Å². The molecule has 1 rings (SSSR count). The molecular formula is C10H17NO2. The number of carbonyl (C=O) groups excluding carboxylic acids is 1. The Balaban J connectivity index is 2.24. The van der Waals surface area contributed by atoms with Gasteiger partial charge in [-0.1, -0.05) is 31.3 Å². The number of ketones is 1. The molecule has 13 heavy (non-hydrogen) atoms. The first-order valence-electron chi connectivity index (χ1n) is 4.95. The molecule has 1 unspecified atom stereocenters. The van der Waals surface area contributed by atoms with E-state index < -0.39 is 5.60 Å². The van der Waals surface area contributed by atoms with Crippen molar-refractivity contribution in [1.82, 2.24) is 0 Å². The van der Waals surface area contributed by atoms with Crippen LogP contribution < -0.4 is 0 Å². The van der Waals surface area contributed by atoms with Gasteiger partial charge in [-0.15, -0.1) is 0 Å². The molecule has 0 aromatic rings. The molecule has 0 fully saturated rings. The summed E-state index contributed by atoms with van der Waals surface area (Å²) in [6, 6.07) is 0. The van der Waals surface area contributed by atoms with E-state index in [9.17, 15) is 4.79 Å². The van der Waals surface area contributed by atoms with Crippen LogP contribution in [0.3, 0.4) is 0 Å². The molecule has 74 valence electrons. The zero-order valence-corrected chi connectivity index (χ0v) is 8.38. The van der Waals surface area contributed by atoms with Gasteiger partial charge in [0, 0.05) is 0 Å². The molecule has 0 amide bonds. The number of unbranched alkanes of at least 4 members (excludes halogenated alkanes) is 3. The number of hydrogen-bond acceptors (Lipinski definition) is 3. The van der Waals surface area contributed by atoms with Crippen molar-refractivity contribution in [3.05, 3.63) is 0 Å². The lowest BCUT2D eigenvalue weighted by atomic mass is 9.94. The third-order valence-corrected chi connectivity index (χ3v) is 2.45. The highest BCUT2D eigenvalue weighted by atomic mass is 16.7. The van der Waals surface area contributed by atoms with Gasteiger partial charge < -0.3 is 4.84 Å². The molecule has 0 saturated carbocycles. The lowest BCUT2D eigenvalue weighted by Crippen LogP contribution is -2.33. The van der Waals surface area contributed by atoms with Crippen LogP contribution in [-0.4, -0.2) is 17.6 Å². The molecule has 1 heterocycles. The Kier molecular flexibility index (Phi) is 3.46. The first kappa shape index (κ1) is 10.2. The Hall–Kier alpha value is -0.860. The van der Waals surface area contributed by atoms with Gasteiger partial charge in [0.2, 0.25) is 5.78 Å². The van der Waals surface area contributed by atoms with Crippen LogP contribution in [0.5, 0.6) is 0 Å². The van der Waals surface area contributed by atoms with Crippen LogP contribution in [0.4, 0.5) is 0 Å². The summed E-state index contributed by atoms with van der Waals surface area (Å²) in [6.07, 6.45) is 6.71. The fourth-order valence-electron chi connectivity index (χ4n) is 1.43. The van der Waals surface area contributed by atoms with E-state index in [1.54, 1.807) is 0 Å². The quantitative estimate of drug-likeness (QED) is 0.613. The van der Waals surface area contributed by atoms with Crippen LogP contribution in [0.15, 0.2) is 5.16 Å². The van der Waals surface area contributed by atoms with Crippen molar-refractivity contribution in [2.24, 2.45) is 5.16 Å². The molecule has 0 spiro atoms. The number of hydrogen-bond donors (Lipinski definition) is 0. The Morgan fingerprint density at radius 3 is 2.77 bits per heavy atom. The SMILES string of the molecule is CCCCCCC1(C)ON=CC1=O. The van der Waals surface area contributed by atoms with Crippen molar-refractivity contribution in [3.63, 3.8) is 0 Å². The second-order valence-electron chi connectivity index (χ2n) is 3.73. The fourth-order valence-corrected chi connectivity index (χ4v) is 1.43. The van der Waals surface area contributed by atoms with Gasteiger partial charge in [0.25, 0.3) is 0 Å². The standard InChI is InChI=1S/C10H17NO2/c1-3-4-5-6-7-10(2)9(12)8-11-13-10/h8H,3-7H2,1-2H3. The zero-order valence-electron chi connectivity index (χ0n) is 8.38. The van der Waals surface area contributed by atoms with Crippen LogP contribution in [0.1, 0.15) is 46.0 Å². The van der Waals surface area contributed by atoms with Crippen LogP contribution in [0, 0.1) is 0 Å². The second kappa shape index (κ2) is 4.40. The molecule has 3 heteroatoms. The van der Waals surface area contributed by atoms with Crippen molar-refractivity contribution >= 4 is 12.0 Å². The Morgan fingerprint density at radius 1 is 1.46 bits per heavy atom. The molecule has 0 radical (unpaired) electrons. The lowest BCUT2D eigenvalue weighted by molar-refractivity contribution is -0.131.